The second kappa shape index (κ2) is 9.36. The minimum atomic E-state index is -0.407. The van der Waals surface area contributed by atoms with Crippen LogP contribution in [0.5, 0.6) is 0 Å². The van der Waals surface area contributed by atoms with Crippen molar-refractivity contribution < 1.29 is 20.3 Å². The van der Waals surface area contributed by atoms with Crippen LogP contribution < -0.4 is 18.9 Å². The van der Waals surface area contributed by atoms with Gasteiger partial charge in [0.25, 0.3) is 14.1 Å². The Bertz CT molecular complexity index is 103. The van der Waals surface area contributed by atoms with Crippen LogP contribution in [0.1, 0.15) is 43.0 Å². The summed E-state index contributed by atoms with van der Waals surface area (Å²) in [5.74, 6) is 2.78. The molecule has 0 aromatic rings. The molecule has 0 aliphatic heterocycles. The zero-order valence-corrected chi connectivity index (χ0v) is 12.6. The maximum atomic E-state index is 2.38. The van der Waals surface area contributed by atoms with E-state index in [1.54, 1.807) is 15.8 Å². The molecule has 0 bridgehead atoms. The number of rotatable bonds is 6. The zero-order chi connectivity index (χ0) is 10.4. The molecule has 0 nitrogen and oxygen atoms in total. The summed E-state index contributed by atoms with van der Waals surface area (Å²) in [7, 11) is 0. The Labute approximate surface area is 109 Å². The SMILES string of the molecule is CC(C)[CH2][Al]([CH2]C(C)C)[CH2]C(C)C.[H-].[Li+]. The summed E-state index contributed by atoms with van der Waals surface area (Å²) in [4.78, 5) is 0. The molecular formula is C12H28AlLi. The Morgan fingerprint density at radius 1 is 0.714 bits per heavy atom. The van der Waals surface area contributed by atoms with Crippen molar-refractivity contribution in [1.82, 2.24) is 0 Å². The van der Waals surface area contributed by atoms with Gasteiger partial charge in [-0.1, -0.05) is 75.1 Å². The molecule has 0 spiro atoms. The normalized spacial score (nSPS) is 10.9. The summed E-state index contributed by atoms with van der Waals surface area (Å²) in [6, 6.07) is 0. The van der Waals surface area contributed by atoms with Crippen molar-refractivity contribution in [2.45, 2.75) is 57.4 Å². The van der Waals surface area contributed by atoms with Crippen molar-refractivity contribution in [1.29, 1.82) is 0 Å². The summed E-state index contributed by atoms with van der Waals surface area (Å²) in [6.07, 6.45) is 0. The third kappa shape index (κ3) is 11.2. The fourth-order valence-electron chi connectivity index (χ4n) is 2.29. The summed E-state index contributed by atoms with van der Waals surface area (Å²) in [5.41, 5.74) is 0. The number of hydrogen-bond acceptors (Lipinski definition) is 0. The third-order valence-electron chi connectivity index (χ3n) is 2.41. The molecular weight excluding hydrogens is 178 g/mol. The van der Waals surface area contributed by atoms with E-state index in [0.29, 0.717) is 0 Å². The van der Waals surface area contributed by atoms with Crippen molar-refractivity contribution in [3.05, 3.63) is 0 Å². The largest absolute Gasteiger partial charge is 1.00 e. The van der Waals surface area contributed by atoms with Gasteiger partial charge in [-0.15, -0.1) is 0 Å². The zero-order valence-electron chi connectivity index (χ0n) is 12.4. The Kier molecular flexibility index (Phi) is 11.7. The van der Waals surface area contributed by atoms with Crippen LogP contribution >= 0.6 is 0 Å². The van der Waals surface area contributed by atoms with Gasteiger partial charge in [-0.25, -0.2) is 0 Å². The second-order valence-electron chi connectivity index (χ2n) is 5.75. The molecule has 0 saturated carbocycles. The van der Waals surface area contributed by atoms with Gasteiger partial charge < -0.3 is 1.43 Å². The standard InChI is InChI=1S/3C4H9.Al.Li.H/c3*1-4(2)3;;;/h3*4H,1H2,2-3H3;;;/q;;;;+1;-1. The van der Waals surface area contributed by atoms with Crippen molar-refractivity contribution in [2.75, 3.05) is 0 Å². The molecule has 14 heavy (non-hydrogen) atoms. The predicted molar refractivity (Wildman–Crippen MR) is 65.8 cm³/mol. The molecule has 0 aromatic carbocycles. The van der Waals surface area contributed by atoms with Gasteiger partial charge in [0, 0.05) is 0 Å². The van der Waals surface area contributed by atoms with Crippen LogP contribution in [0.4, 0.5) is 0 Å². The average molecular weight is 206 g/mol. The van der Waals surface area contributed by atoms with Crippen LogP contribution in [0.25, 0.3) is 0 Å². The first-order valence-electron chi connectivity index (χ1n) is 5.91. The second-order valence-corrected chi connectivity index (χ2v) is 8.90. The van der Waals surface area contributed by atoms with Crippen LogP contribution in [-0.2, 0) is 0 Å². The van der Waals surface area contributed by atoms with Crippen molar-refractivity contribution in [3.8, 4) is 0 Å². The Morgan fingerprint density at radius 3 is 1.07 bits per heavy atom. The van der Waals surface area contributed by atoms with E-state index in [1.165, 1.54) is 0 Å². The van der Waals surface area contributed by atoms with Gasteiger partial charge in [0.1, 0.15) is 0 Å². The summed E-state index contributed by atoms with van der Waals surface area (Å²) >= 11 is -0.407. The smallest absolute Gasteiger partial charge is 1.00 e. The molecule has 0 rings (SSSR count). The molecule has 0 aliphatic carbocycles. The van der Waals surface area contributed by atoms with Gasteiger partial charge in [0.2, 0.25) is 0 Å². The predicted octanol–water partition coefficient (Wildman–Crippen LogP) is 1.57. The van der Waals surface area contributed by atoms with E-state index in [-0.39, 0.29) is 20.3 Å². The molecule has 0 radical (unpaired) electrons. The Morgan fingerprint density at radius 2 is 0.929 bits per heavy atom. The molecule has 0 aromatic heterocycles. The number of hydrogen-bond donors (Lipinski definition) is 0. The van der Waals surface area contributed by atoms with Gasteiger partial charge >= 0.3 is 18.9 Å². The molecule has 0 N–H and O–H groups in total. The van der Waals surface area contributed by atoms with Crippen LogP contribution in [0.15, 0.2) is 0 Å². The molecule has 0 aliphatic rings. The summed E-state index contributed by atoms with van der Waals surface area (Å²) in [5, 5.41) is 4.66. The van der Waals surface area contributed by atoms with Crippen molar-refractivity contribution >= 4 is 14.1 Å². The van der Waals surface area contributed by atoms with Gasteiger partial charge in [-0.3, -0.25) is 0 Å². The maximum Gasteiger partial charge on any atom is 1.00 e. The van der Waals surface area contributed by atoms with Gasteiger partial charge in [0.05, 0.1) is 0 Å². The molecule has 80 valence electrons. The van der Waals surface area contributed by atoms with Crippen molar-refractivity contribution in [3.63, 3.8) is 0 Å². The van der Waals surface area contributed by atoms with E-state index >= 15 is 0 Å². The van der Waals surface area contributed by atoms with Crippen LogP contribution in [-0.4, -0.2) is 14.1 Å². The first kappa shape index (κ1) is 17.5. The van der Waals surface area contributed by atoms with Gasteiger partial charge in [0.15, 0.2) is 0 Å². The van der Waals surface area contributed by atoms with Gasteiger partial charge in [-0.2, -0.15) is 0 Å². The Balaban J connectivity index is -0.000000720. The third-order valence-corrected chi connectivity index (χ3v) is 7.24. The molecule has 0 unspecified atom stereocenters. The van der Waals surface area contributed by atoms with Crippen molar-refractivity contribution in [2.24, 2.45) is 17.8 Å². The van der Waals surface area contributed by atoms with E-state index in [9.17, 15) is 0 Å². The quantitative estimate of drug-likeness (QED) is 0.579. The fourth-order valence-corrected chi connectivity index (χ4v) is 6.87. The molecule has 2 heteroatoms. The van der Waals surface area contributed by atoms with E-state index in [0.717, 1.165) is 17.8 Å². The van der Waals surface area contributed by atoms with Crippen LogP contribution in [0.3, 0.4) is 0 Å². The van der Waals surface area contributed by atoms with Crippen LogP contribution in [0.2, 0.25) is 15.8 Å². The van der Waals surface area contributed by atoms with E-state index in [2.05, 4.69) is 41.5 Å². The monoisotopic (exact) mass is 206 g/mol. The maximum absolute atomic E-state index is 2.38. The van der Waals surface area contributed by atoms with E-state index in [4.69, 9.17) is 0 Å². The van der Waals surface area contributed by atoms with E-state index < -0.39 is 14.1 Å². The Hall–Kier alpha value is 1.13. The van der Waals surface area contributed by atoms with Crippen LogP contribution in [0, 0.1) is 17.8 Å². The first-order chi connectivity index (χ1) is 5.91. The molecule has 0 fully saturated rings. The minimum Gasteiger partial charge on any atom is -1.00 e. The molecule has 0 heterocycles. The van der Waals surface area contributed by atoms with E-state index in [1.807, 2.05) is 0 Å². The fraction of sp³-hybridized carbons (Fsp3) is 1.00. The molecule has 0 saturated heterocycles. The van der Waals surface area contributed by atoms with Gasteiger partial charge in [-0.05, 0) is 0 Å². The summed E-state index contributed by atoms with van der Waals surface area (Å²) < 4.78 is 0. The first-order valence-corrected chi connectivity index (χ1v) is 8.36. The molecule has 0 atom stereocenters. The minimum absolute atomic E-state index is 0. The summed E-state index contributed by atoms with van der Waals surface area (Å²) in [6.45, 7) is 14.3. The topological polar surface area (TPSA) is 0 Å². The average Bonchev–Trinajstić information content (AvgIpc) is 1.80. The molecule has 0 amide bonds.